The largest absolute Gasteiger partial charge is 0.492 e. The van der Waals surface area contributed by atoms with E-state index in [9.17, 15) is 4.79 Å². The molecule has 1 aromatic heterocycles. The summed E-state index contributed by atoms with van der Waals surface area (Å²) in [4.78, 5) is 21.8. The van der Waals surface area contributed by atoms with Crippen LogP contribution in [0, 0.1) is 5.41 Å². The van der Waals surface area contributed by atoms with Crippen molar-refractivity contribution < 1.29 is 9.53 Å². The highest BCUT2D eigenvalue weighted by Crippen LogP contribution is 2.43. The first-order chi connectivity index (χ1) is 19.3. The van der Waals surface area contributed by atoms with E-state index < -0.39 is 0 Å². The van der Waals surface area contributed by atoms with E-state index in [1.165, 1.54) is 38.5 Å². The summed E-state index contributed by atoms with van der Waals surface area (Å²) in [6, 6.07) is 8.13. The van der Waals surface area contributed by atoms with Gasteiger partial charge in [0.2, 0.25) is 0 Å². The number of unbranched alkanes of at least 4 members (excludes halogenated alkanes) is 1. The molecule has 1 fully saturated rings. The SMILES string of the molecule is C=C(N)/N=C\C=C(/C)c1cnc(NCc2cccc(C(=O)NC3CCC(CC)(CCCC)CC3)c2)c2c1OCC2. The van der Waals surface area contributed by atoms with Gasteiger partial charge in [-0.05, 0) is 73.8 Å². The van der Waals surface area contributed by atoms with Crippen molar-refractivity contribution in [1.82, 2.24) is 10.3 Å². The summed E-state index contributed by atoms with van der Waals surface area (Å²) >= 11 is 0. The van der Waals surface area contributed by atoms with Crippen molar-refractivity contribution in [3.63, 3.8) is 0 Å². The summed E-state index contributed by atoms with van der Waals surface area (Å²) < 4.78 is 5.97. The number of amides is 1. The summed E-state index contributed by atoms with van der Waals surface area (Å²) in [5.74, 6) is 1.95. The van der Waals surface area contributed by atoms with E-state index in [1.807, 2.05) is 43.5 Å². The first-order valence-electron chi connectivity index (χ1n) is 14.8. The predicted molar refractivity (Wildman–Crippen MR) is 165 cm³/mol. The Morgan fingerprint density at radius 1 is 1.30 bits per heavy atom. The number of carbonyl (C=O) groups excluding carboxylic acids is 1. The smallest absolute Gasteiger partial charge is 0.251 e. The highest BCUT2D eigenvalue weighted by molar-refractivity contribution is 5.94. The Hall–Kier alpha value is -3.61. The van der Waals surface area contributed by atoms with Crippen LogP contribution >= 0.6 is 0 Å². The third-order valence-corrected chi connectivity index (χ3v) is 8.56. The molecule has 1 amide bonds. The second-order valence-electron chi connectivity index (χ2n) is 11.3. The Morgan fingerprint density at radius 2 is 2.10 bits per heavy atom. The Morgan fingerprint density at radius 3 is 2.83 bits per heavy atom. The Balaban J connectivity index is 1.37. The lowest BCUT2D eigenvalue weighted by Gasteiger charge is -2.40. The van der Waals surface area contributed by atoms with Crippen LogP contribution in [0.4, 0.5) is 5.82 Å². The van der Waals surface area contributed by atoms with Crippen molar-refractivity contribution in [1.29, 1.82) is 0 Å². The molecule has 4 N–H and O–H groups in total. The Kier molecular flexibility index (Phi) is 10.0. The van der Waals surface area contributed by atoms with Crippen LogP contribution in [-0.2, 0) is 13.0 Å². The average molecular weight is 544 g/mol. The summed E-state index contributed by atoms with van der Waals surface area (Å²) in [5.41, 5.74) is 10.7. The number of fused-ring (bicyclic) bond motifs is 1. The monoisotopic (exact) mass is 543 g/mol. The lowest BCUT2D eigenvalue weighted by molar-refractivity contribution is 0.0881. The lowest BCUT2D eigenvalue weighted by Crippen LogP contribution is -2.40. The maximum atomic E-state index is 13.1. The van der Waals surface area contributed by atoms with E-state index in [1.54, 1.807) is 6.21 Å². The summed E-state index contributed by atoms with van der Waals surface area (Å²) in [6.07, 6.45) is 15.8. The van der Waals surface area contributed by atoms with Crippen LogP contribution in [0.5, 0.6) is 5.75 Å². The van der Waals surface area contributed by atoms with E-state index >= 15 is 0 Å². The number of nitrogens with zero attached hydrogens (tertiary/aromatic N) is 2. The van der Waals surface area contributed by atoms with Gasteiger partial charge in [0.05, 0.1) is 6.61 Å². The molecule has 0 saturated heterocycles. The third kappa shape index (κ3) is 7.32. The fraction of sp³-hybridized carbons (Fsp3) is 0.485. The number of ether oxygens (including phenoxy) is 1. The van der Waals surface area contributed by atoms with E-state index in [4.69, 9.17) is 15.5 Å². The van der Waals surface area contributed by atoms with Gasteiger partial charge in [-0.1, -0.05) is 51.8 Å². The van der Waals surface area contributed by atoms with Gasteiger partial charge < -0.3 is 21.1 Å². The van der Waals surface area contributed by atoms with Crippen LogP contribution in [0.1, 0.15) is 99.2 Å². The normalized spacial score (nSPS) is 20.7. The summed E-state index contributed by atoms with van der Waals surface area (Å²) in [7, 11) is 0. The maximum absolute atomic E-state index is 13.1. The van der Waals surface area contributed by atoms with Gasteiger partial charge in [-0.3, -0.25) is 4.79 Å². The van der Waals surface area contributed by atoms with Gasteiger partial charge in [-0.25, -0.2) is 9.98 Å². The van der Waals surface area contributed by atoms with Crippen molar-refractivity contribution in [3.8, 4) is 5.75 Å². The van der Waals surface area contributed by atoms with E-state index in [0.717, 1.165) is 53.1 Å². The van der Waals surface area contributed by atoms with Crippen LogP contribution in [0.2, 0.25) is 0 Å². The molecule has 40 heavy (non-hydrogen) atoms. The molecule has 0 radical (unpaired) electrons. The number of carbonyl (C=O) groups is 1. The van der Waals surface area contributed by atoms with Crippen molar-refractivity contribution in [2.24, 2.45) is 16.1 Å². The van der Waals surface area contributed by atoms with E-state index in [2.05, 4.69) is 36.1 Å². The fourth-order valence-corrected chi connectivity index (χ4v) is 5.94. The average Bonchev–Trinajstić information content (AvgIpc) is 3.46. The number of anilines is 1. The van der Waals surface area contributed by atoms with Crippen LogP contribution in [0.3, 0.4) is 0 Å². The number of benzene rings is 1. The van der Waals surface area contributed by atoms with Gasteiger partial charge in [0, 0.05) is 48.1 Å². The number of allylic oxidation sites excluding steroid dienone is 2. The van der Waals surface area contributed by atoms with Gasteiger partial charge in [-0.15, -0.1) is 0 Å². The lowest BCUT2D eigenvalue weighted by atomic mass is 9.68. The van der Waals surface area contributed by atoms with Gasteiger partial charge in [-0.2, -0.15) is 0 Å². The standard InChI is InChI=1S/C33H45N5O2/c1-5-7-15-33(6-2)16-11-27(12-17-33)38-32(39)26-10-8-9-25(20-26)21-36-31-28-14-19-40-30(28)29(22-37-31)23(3)13-18-35-24(4)34/h8-10,13,18,20,22,27H,4-7,11-12,14-17,19,21,34H2,1-3H3,(H,36,37)(H,38,39)/b23-13+,35-18-. The molecule has 214 valence electrons. The molecular weight excluding hydrogens is 498 g/mol. The second-order valence-corrected chi connectivity index (χ2v) is 11.3. The zero-order valence-corrected chi connectivity index (χ0v) is 24.4. The van der Waals surface area contributed by atoms with Crippen molar-refractivity contribution >= 4 is 23.5 Å². The molecule has 7 nitrogen and oxygen atoms in total. The van der Waals surface area contributed by atoms with Crippen molar-refractivity contribution in [2.45, 2.75) is 91.1 Å². The molecule has 7 heteroatoms. The minimum Gasteiger partial charge on any atom is -0.492 e. The zero-order chi connectivity index (χ0) is 28.5. The number of rotatable bonds is 12. The Bertz CT molecular complexity index is 1260. The molecule has 0 unspecified atom stereocenters. The Labute approximate surface area is 239 Å². The molecule has 0 spiro atoms. The van der Waals surface area contributed by atoms with Gasteiger partial charge in [0.25, 0.3) is 5.91 Å². The number of hydrogen-bond donors (Lipinski definition) is 3. The van der Waals surface area contributed by atoms with Gasteiger partial charge in [0.15, 0.2) is 0 Å². The second kappa shape index (κ2) is 13.6. The number of nitrogens with one attached hydrogen (secondary N) is 2. The molecule has 0 atom stereocenters. The van der Waals surface area contributed by atoms with E-state index in [0.29, 0.717) is 24.1 Å². The van der Waals surface area contributed by atoms with Crippen LogP contribution in [0.25, 0.3) is 5.57 Å². The minimum absolute atomic E-state index is 0.0187. The van der Waals surface area contributed by atoms with E-state index in [-0.39, 0.29) is 17.8 Å². The van der Waals surface area contributed by atoms with Crippen molar-refractivity contribution in [2.75, 3.05) is 11.9 Å². The number of aromatic nitrogens is 1. The number of hydrogen-bond acceptors (Lipinski definition) is 6. The molecule has 1 saturated carbocycles. The molecule has 1 aromatic carbocycles. The topological polar surface area (TPSA) is 102 Å². The highest BCUT2D eigenvalue weighted by Gasteiger charge is 2.33. The number of pyridine rings is 1. The first-order valence-corrected chi connectivity index (χ1v) is 14.8. The molecule has 2 aromatic rings. The molecular formula is C33H45N5O2. The molecule has 2 aliphatic rings. The molecule has 1 aliphatic carbocycles. The van der Waals surface area contributed by atoms with Crippen molar-refractivity contribution in [3.05, 3.63) is 71.2 Å². The van der Waals surface area contributed by atoms with Gasteiger partial charge in [0.1, 0.15) is 17.4 Å². The third-order valence-electron chi connectivity index (χ3n) is 8.56. The summed E-state index contributed by atoms with van der Waals surface area (Å²) in [5, 5.41) is 6.78. The zero-order valence-electron chi connectivity index (χ0n) is 24.4. The minimum atomic E-state index is 0.0187. The quantitative estimate of drug-likeness (QED) is 0.256. The maximum Gasteiger partial charge on any atom is 0.251 e. The van der Waals surface area contributed by atoms with Crippen LogP contribution in [-0.4, -0.2) is 29.8 Å². The highest BCUT2D eigenvalue weighted by atomic mass is 16.5. The first kappa shape index (κ1) is 29.4. The van der Waals surface area contributed by atoms with Gasteiger partial charge >= 0.3 is 0 Å². The summed E-state index contributed by atoms with van der Waals surface area (Å²) in [6.45, 7) is 11.4. The number of nitrogens with two attached hydrogens (primary N) is 1. The molecule has 2 heterocycles. The molecule has 4 rings (SSSR count). The molecule has 0 bridgehead atoms. The predicted octanol–water partition coefficient (Wildman–Crippen LogP) is 6.79. The fourth-order valence-electron chi connectivity index (χ4n) is 5.94. The van der Waals surface area contributed by atoms with Crippen LogP contribution < -0.4 is 21.1 Å². The number of aliphatic imine (C=N–C) groups is 1. The molecule has 1 aliphatic heterocycles. The van der Waals surface area contributed by atoms with Crippen LogP contribution in [0.15, 0.2) is 53.9 Å².